The van der Waals surface area contributed by atoms with Crippen LogP contribution in [0.4, 0.5) is 13.2 Å². The van der Waals surface area contributed by atoms with Gasteiger partial charge in [-0.2, -0.15) is 0 Å². The van der Waals surface area contributed by atoms with Crippen LogP contribution in [0.25, 0.3) is 11.3 Å². The van der Waals surface area contributed by atoms with Crippen molar-refractivity contribution in [3.05, 3.63) is 51.9 Å². The van der Waals surface area contributed by atoms with Crippen LogP contribution >= 0.6 is 11.6 Å². The van der Waals surface area contributed by atoms with Gasteiger partial charge in [-0.1, -0.05) is 11.6 Å². The molecule has 4 unspecified atom stereocenters. The predicted molar refractivity (Wildman–Crippen MR) is 120 cm³/mol. The maximum atomic E-state index is 14.3. The van der Waals surface area contributed by atoms with E-state index in [9.17, 15) is 27.6 Å². The second-order valence-corrected chi connectivity index (χ2v) is 9.65. The Balaban J connectivity index is 1.47. The first kappa shape index (κ1) is 24.4. The highest BCUT2D eigenvalue weighted by Gasteiger charge is 2.45. The number of halogens is 4. The molecule has 2 fully saturated rings. The quantitative estimate of drug-likeness (QED) is 0.563. The van der Waals surface area contributed by atoms with Gasteiger partial charge in [0.1, 0.15) is 17.4 Å². The Morgan fingerprint density at radius 2 is 1.88 bits per heavy atom. The maximum absolute atomic E-state index is 14.3. The minimum atomic E-state index is -2.39. The molecular weight excluding hydrogens is 469 g/mol. The second-order valence-electron chi connectivity index (χ2n) is 9.21. The number of ketones is 2. The van der Waals surface area contributed by atoms with Crippen LogP contribution in [0.15, 0.2) is 24.4 Å². The summed E-state index contributed by atoms with van der Waals surface area (Å²) in [6.45, 7) is 3.64. The van der Waals surface area contributed by atoms with E-state index in [1.165, 1.54) is 12.3 Å². The summed E-state index contributed by atoms with van der Waals surface area (Å²) in [5, 5.41) is 2.79. The number of hydrogen-bond acceptors (Lipinski definition) is 4. The van der Waals surface area contributed by atoms with Crippen LogP contribution in [0.2, 0.25) is 5.02 Å². The molecule has 1 amide bonds. The van der Waals surface area contributed by atoms with E-state index in [2.05, 4.69) is 10.3 Å². The summed E-state index contributed by atoms with van der Waals surface area (Å²) in [5.74, 6) is -4.24. The summed E-state index contributed by atoms with van der Waals surface area (Å²) >= 11 is 5.78. The van der Waals surface area contributed by atoms with Gasteiger partial charge in [-0.3, -0.25) is 19.4 Å². The molecule has 0 radical (unpaired) electrons. The van der Waals surface area contributed by atoms with Gasteiger partial charge in [0.15, 0.2) is 11.6 Å². The van der Waals surface area contributed by atoms with Crippen molar-refractivity contribution >= 4 is 29.1 Å². The molecule has 0 spiro atoms. The number of hydrogen-bond donors (Lipinski definition) is 1. The molecule has 180 valence electrons. The molecule has 0 bridgehead atoms. The fraction of sp³-hybridized carbons (Fsp3) is 0.440. The summed E-state index contributed by atoms with van der Waals surface area (Å²) < 4.78 is 39.6. The van der Waals surface area contributed by atoms with Gasteiger partial charge in [-0.05, 0) is 61.1 Å². The summed E-state index contributed by atoms with van der Waals surface area (Å²) in [6.07, 6.45) is -0.863. The Morgan fingerprint density at radius 1 is 1.21 bits per heavy atom. The monoisotopic (exact) mass is 492 g/mol. The molecule has 2 saturated carbocycles. The van der Waals surface area contributed by atoms with E-state index in [0.29, 0.717) is 28.7 Å². The summed E-state index contributed by atoms with van der Waals surface area (Å²) in [4.78, 5) is 42.2. The number of benzene rings is 1. The van der Waals surface area contributed by atoms with Crippen molar-refractivity contribution in [3.63, 3.8) is 0 Å². The molecule has 0 aliphatic heterocycles. The van der Waals surface area contributed by atoms with Crippen LogP contribution in [0.3, 0.4) is 0 Å². The van der Waals surface area contributed by atoms with E-state index in [0.717, 1.165) is 0 Å². The molecule has 1 aromatic carbocycles. The molecule has 0 saturated heterocycles. The summed E-state index contributed by atoms with van der Waals surface area (Å²) in [5.41, 5.74) is 2.48. The van der Waals surface area contributed by atoms with Gasteiger partial charge < -0.3 is 5.32 Å². The topological polar surface area (TPSA) is 76.1 Å². The van der Waals surface area contributed by atoms with Crippen molar-refractivity contribution in [2.24, 2.45) is 17.8 Å². The average molecular weight is 493 g/mol. The third-order valence-electron chi connectivity index (χ3n) is 6.71. The number of carbonyl (C=O) groups is 3. The van der Waals surface area contributed by atoms with Gasteiger partial charge >= 0.3 is 0 Å². The van der Waals surface area contributed by atoms with E-state index in [4.69, 9.17) is 11.6 Å². The molecule has 2 aliphatic rings. The van der Waals surface area contributed by atoms with Crippen LogP contribution in [0.1, 0.15) is 41.9 Å². The van der Waals surface area contributed by atoms with Gasteiger partial charge in [0.05, 0.1) is 5.02 Å². The molecule has 4 rings (SSSR count). The fourth-order valence-electron chi connectivity index (χ4n) is 4.88. The van der Waals surface area contributed by atoms with Gasteiger partial charge in [-0.15, -0.1) is 0 Å². The summed E-state index contributed by atoms with van der Waals surface area (Å²) in [7, 11) is 0. The number of rotatable bonds is 7. The lowest BCUT2D eigenvalue weighted by Gasteiger charge is -2.17. The number of carbonyl (C=O) groups excluding carboxylic acids is 3. The van der Waals surface area contributed by atoms with E-state index in [1.54, 1.807) is 26.0 Å². The minimum absolute atomic E-state index is 0.0476. The Morgan fingerprint density at radius 3 is 2.47 bits per heavy atom. The Labute approximate surface area is 200 Å². The van der Waals surface area contributed by atoms with Crippen LogP contribution < -0.4 is 5.32 Å². The first-order valence-corrected chi connectivity index (χ1v) is 11.5. The van der Waals surface area contributed by atoms with Gasteiger partial charge in [0.25, 0.3) is 0 Å². The van der Waals surface area contributed by atoms with E-state index in [-0.39, 0.29) is 47.6 Å². The average Bonchev–Trinajstić information content (AvgIpc) is 3.48. The van der Waals surface area contributed by atoms with Crippen molar-refractivity contribution in [1.29, 1.82) is 0 Å². The number of pyridine rings is 1. The molecule has 9 heteroatoms. The number of aryl methyl sites for hydroxylation is 2. The lowest BCUT2D eigenvalue weighted by Crippen LogP contribution is -2.29. The number of nitrogens with one attached hydrogen (secondary N) is 1. The lowest BCUT2D eigenvalue weighted by molar-refractivity contribution is -0.128. The van der Waals surface area contributed by atoms with Gasteiger partial charge in [0.2, 0.25) is 12.3 Å². The number of nitrogens with zero attached hydrogens (tertiary/aromatic N) is 1. The minimum Gasteiger partial charge on any atom is -0.356 e. The zero-order valence-electron chi connectivity index (χ0n) is 18.7. The molecule has 2 aromatic rings. The lowest BCUT2D eigenvalue weighted by atomic mass is 9.85. The zero-order chi connectivity index (χ0) is 24.7. The first-order chi connectivity index (χ1) is 16.1. The number of aromatic nitrogens is 1. The number of alkyl halides is 2. The summed E-state index contributed by atoms with van der Waals surface area (Å²) in [6, 6.07) is 4.52. The van der Waals surface area contributed by atoms with Gasteiger partial charge in [-0.25, -0.2) is 13.2 Å². The molecule has 4 atom stereocenters. The molecule has 34 heavy (non-hydrogen) atoms. The van der Waals surface area contributed by atoms with Crippen LogP contribution in [-0.4, -0.2) is 35.4 Å². The second kappa shape index (κ2) is 9.49. The highest BCUT2D eigenvalue weighted by Crippen LogP contribution is 2.43. The van der Waals surface area contributed by atoms with E-state index >= 15 is 0 Å². The van der Waals surface area contributed by atoms with E-state index in [1.807, 2.05) is 0 Å². The Bertz CT molecular complexity index is 1150. The maximum Gasteiger partial charge on any atom is 0.241 e. The zero-order valence-corrected chi connectivity index (χ0v) is 19.5. The number of amides is 1. The van der Waals surface area contributed by atoms with Crippen molar-refractivity contribution in [1.82, 2.24) is 10.3 Å². The molecule has 1 aromatic heterocycles. The van der Waals surface area contributed by atoms with Crippen molar-refractivity contribution in [3.8, 4) is 11.3 Å². The van der Waals surface area contributed by atoms with Crippen molar-refractivity contribution < 1.29 is 27.6 Å². The van der Waals surface area contributed by atoms with Crippen LogP contribution in [0, 0.1) is 37.4 Å². The Kier molecular flexibility index (Phi) is 6.80. The normalized spacial score (nSPS) is 24.1. The molecule has 1 heterocycles. The highest BCUT2D eigenvalue weighted by atomic mass is 35.5. The fourth-order valence-corrected chi connectivity index (χ4v) is 5.03. The van der Waals surface area contributed by atoms with Crippen LogP contribution in [-0.2, 0) is 14.4 Å². The van der Waals surface area contributed by atoms with Crippen molar-refractivity contribution in [2.75, 3.05) is 6.54 Å². The molecule has 1 N–H and O–H groups in total. The van der Waals surface area contributed by atoms with Gasteiger partial charge in [0, 0.05) is 43.0 Å². The SMILES string of the molecule is Cc1cc(-c2ncc(Cl)cc2F)cc(C)c1C1C(=O)CC(CC(=O)NCC2CC2C(F)F)C1=O. The molecular formula is C25H24ClF3N2O3. The predicted octanol–water partition coefficient (Wildman–Crippen LogP) is 4.81. The highest BCUT2D eigenvalue weighted by molar-refractivity contribution is 6.30. The largest absolute Gasteiger partial charge is 0.356 e. The van der Waals surface area contributed by atoms with Crippen LogP contribution in [0.5, 0.6) is 0 Å². The standard InChI is InChI=1S/C25H24ClF3N2O3/c1-11-3-13(23-18(27)8-16(26)10-31-23)4-12(2)21(11)22-19(32)6-14(24(22)34)7-20(33)30-9-15-5-17(15)25(28)29/h3-4,8,10,14-15,17,22,25H,5-7,9H2,1-2H3,(H,30,33). The smallest absolute Gasteiger partial charge is 0.241 e. The number of Topliss-reactive ketones (excluding diaryl/α,β-unsaturated/α-hetero) is 2. The molecule has 5 nitrogen and oxygen atoms in total. The molecule has 2 aliphatic carbocycles. The third-order valence-corrected chi connectivity index (χ3v) is 6.92. The van der Waals surface area contributed by atoms with Crippen molar-refractivity contribution in [2.45, 2.75) is 45.5 Å². The Hall–Kier alpha value is -2.74. The third kappa shape index (κ3) is 4.87. The van der Waals surface area contributed by atoms with E-state index < -0.39 is 35.9 Å². The first-order valence-electron chi connectivity index (χ1n) is 11.1.